The maximum atomic E-state index is 12.4. The van der Waals surface area contributed by atoms with Crippen LogP contribution >= 0.6 is 0 Å². The van der Waals surface area contributed by atoms with Crippen molar-refractivity contribution in [3.8, 4) is 0 Å². The molecule has 2 saturated heterocycles. The van der Waals surface area contributed by atoms with E-state index in [-0.39, 0.29) is 11.5 Å². The average Bonchev–Trinajstić information content (AvgIpc) is 2.87. The van der Waals surface area contributed by atoms with Crippen LogP contribution in [0.4, 0.5) is 0 Å². The lowest BCUT2D eigenvalue weighted by atomic mass is 9.87. The van der Waals surface area contributed by atoms with Crippen LogP contribution in [0.5, 0.6) is 0 Å². The summed E-state index contributed by atoms with van der Waals surface area (Å²) in [4.78, 5) is 16.8. The number of nitrogens with zero attached hydrogens (tertiary/aromatic N) is 2. The Labute approximate surface area is 117 Å². The standard InChI is InChI=1S/C15H28N2O2/c1-15(2)12-13(6-11-19-15)14(18)16(3)9-10-17-7-4-5-8-17/h13H,4-12H2,1-3H3. The Hall–Kier alpha value is -0.610. The first-order valence-corrected chi connectivity index (χ1v) is 7.59. The zero-order chi connectivity index (χ0) is 13.9. The minimum atomic E-state index is -0.144. The Kier molecular flexibility index (Phi) is 4.85. The van der Waals surface area contributed by atoms with Crippen LogP contribution in [0.1, 0.15) is 39.5 Å². The predicted octanol–water partition coefficient (Wildman–Crippen LogP) is 1.75. The third kappa shape index (κ3) is 4.18. The molecule has 1 amide bonds. The highest BCUT2D eigenvalue weighted by molar-refractivity contribution is 5.78. The largest absolute Gasteiger partial charge is 0.376 e. The minimum Gasteiger partial charge on any atom is -0.376 e. The zero-order valence-corrected chi connectivity index (χ0v) is 12.7. The van der Waals surface area contributed by atoms with Crippen molar-refractivity contribution < 1.29 is 9.53 Å². The van der Waals surface area contributed by atoms with Gasteiger partial charge in [-0.05, 0) is 52.6 Å². The molecule has 0 aromatic rings. The smallest absolute Gasteiger partial charge is 0.225 e. The number of hydrogen-bond donors (Lipinski definition) is 0. The van der Waals surface area contributed by atoms with Crippen molar-refractivity contribution >= 4 is 5.91 Å². The van der Waals surface area contributed by atoms with E-state index in [2.05, 4.69) is 18.7 Å². The van der Waals surface area contributed by atoms with E-state index >= 15 is 0 Å². The maximum Gasteiger partial charge on any atom is 0.225 e. The van der Waals surface area contributed by atoms with Gasteiger partial charge in [-0.3, -0.25) is 4.79 Å². The van der Waals surface area contributed by atoms with Gasteiger partial charge in [-0.2, -0.15) is 0 Å². The predicted molar refractivity (Wildman–Crippen MR) is 76.1 cm³/mol. The van der Waals surface area contributed by atoms with Crippen molar-refractivity contribution in [2.24, 2.45) is 5.92 Å². The summed E-state index contributed by atoms with van der Waals surface area (Å²) in [7, 11) is 1.95. The second-order valence-electron chi connectivity index (χ2n) is 6.61. The molecule has 0 saturated carbocycles. The first kappa shape index (κ1) is 14.8. The lowest BCUT2D eigenvalue weighted by Gasteiger charge is -2.36. The first-order chi connectivity index (χ1) is 8.98. The molecule has 2 heterocycles. The molecule has 19 heavy (non-hydrogen) atoms. The van der Waals surface area contributed by atoms with E-state index in [4.69, 9.17) is 4.74 Å². The van der Waals surface area contributed by atoms with Crippen LogP contribution in [0.3, 0.4) is 0 Å². The summed E-state index contributed by atoms with van der Waals surface area (Å²) in [5.41, 5.74) is -0.144. The van der Waals surface area contributed by atoms with Crippen LogP contribution in [-0.4, -0.2) is 61.1 Å². The molecule has 0 N–H and O–H groups in total. The summed E-state index contributed by atoms with van der Waals surface area (Å²) >= 11 is 0. The lowest BCUT2D eigenvalue weighted by Crippen LogP contribution is -2.44. The zero-order valence-electron chi connectivity index (χ0n) is 12.7. The van der Waals surface area contributed by atoms with Gasteiger partial charge in [-0.1, -0.05) is 0 Å². The van der Waals surface area contributed by atoms with Crippen molar-refractivity contribution in [2.75, 3.05) is 39.8 Å². The van der Waals surface area contributed by atoms with Gasteiger partial charge in [0.1, 0.15) is 0 Å². The van der Waals surface area contributed by atoms with Crippen LogP contribution in [0.2, 0.25) is 0 Å². The molecule has 2 fully saturated rings. The van der Waals surface area contributed by atoms with E-state index < -0.39 is 0 Å². The molecule has 0 aliphatic carbocycles. The number of likely N-dealkylation sites (tertiary alicyclic amines) is 1. The first-order valence-electron chi connectivity index (χ1n) is 7.59. The molecule has 0 aromatic carbocycles. The second-order valence-corrected chi connectivity index (χ2v) is 6.61. The number of amides is 1. The van der Waals surface area contributed by atoms with Gasteiger partial charge in [0.2, 0.25) is 5.91 Å². The van der Waals surface area contributed by atoms with Crippen LogP contribution in [0.15, 0.2) is 0 Å². The van der Waals surface area contributed by atoms with Crippen molar-refractivity contribution in [2.45, 2.75) is 45.1 Å². The Morgan fingerprint density at radius 2 is 2.05 bits per heavy atom. The number of ether oxygens (including phenoxy) is 1. The van der Waals surface area contributed by atoms with Gasteiger partial charge < -0.3 is 14.5 Å². The quantitative estimate of drug-likeness (QED) is 0.778. The summed E-state index contributed by atoms with van der Waals surface area (Å²) in [6.07, 6.45) is 4.34. The Balaban J connectivity index is 1.77. The number of carbonyl (C=O) groups is 1. The molecule has 1 atom stereocenters. The van der Waals surface area contributed by atoms with E-state index in [1.165, 1.54) is 25.9 Å². The highest BCUT2D eigenvalue weighted by Gasteiger charge is 2.34. The number of carbonyl (C=O) groups excluding carboxylic acids is 1. The normalized spacial score (nSPS) is 27.4. The molecule has 0 spiro atoms. The van der Waals surface area contributed by atoms with E-state index in [1.54, 1.807) is 0 Å². The summed E-state index contributed by atoms with van der Waals surface area (Å²) in [6, 6.07) is 0. The average molecular weight is 268 g/mol. The van der Waals surface area contributed by atoms with Gasteiger partial charge in [0.05, 0.1) is 5.60 Å². The van der Waals surface area contributed by atoms with E-state index in [0.717, 1.165) is 25.9 Å². The van der Waals surface area contributed by atoms with Gasteiger partial charge in [0, 0.05) is 32.7 Å². The summed E-state index contributed by atoms with van der Waals surface area (Å²) in [5, 5.41) is 0. The molecule has 2 aliphatic heterocycles. The van der Waals surface area contributed by atoms with Crippen LogP contribution in [-0.2, 0) is 9.53 Å². The van der Waals surface area contributed by atoms with Crippen LogP contribution in [0.25, 0.3) is 0 Å². The fraction of sp³-hybridized carbons (Fsp3) is 0.933. The van der Waals surface area contributed by atoms with Gasteiger partial charge in [0.25, 0.3) is 0 Å². The monoisotopic (exact) mass is 268 g/mol. The van der Waals surface area contributed by atoms with E-state index in [9.17, 15) is 4.79 Å². The molecule has 2 rings (SSSR count). The van der Waals surface area contributed by atoms with Crippen molar-refractivity contribution in [3.63, 3.8) is 0 Å². The number of rotatable bonds is 4. The second kappa shape index (κ2) is 6.23. The molecule has 4 heteroatoms. The molecule has 0 aromatic heterocycles. The highest BCUT2D eigenvalue weighted by atomic mass is 16.5. The fourth-order valence-electron chi connectivity index (χ4n) is 3.16. The molecule has 4 nitrogen and oxygen atoms in total. The Morgan fingerprint density at radius 1 is 1.37 bits per heavy atom. The highest BCUT2D eigenvalue weighted by Crippen LogP contribution is 2.29. The molecule has 1 unspecified atom stereocenters. The van der Waals surface area contributed by atoms with Crippen molar-refractivity contribution in [3.05, 3.63) is 0 Å². The molecule has 0 bridgehead atoms. The summed E-state index contributed by atoms with van der Waals surface area (Å²) in [5.74, 6) is 0.447. The lowest BCUT2D eigenvalue weighted by molar-refractivity contribution is -0.144. The van der Waals surface area contributed by atoms with Crippen LogP contribution < -0.4 is 0 Å². The number of likely N-dealkylation sites (N-methyl/N-ethyl adjacent to an activating group) is 1. The van der Waals surface area contributed by atoms with Gasteiger partial charge >= 0.3 is 0 Å². The fourth-order valence-corrected chi connectivity index (χ4v) is 3.16. The third-order valence-electron chi connectivity index (χ3n) is 4.37. The van der Waals surface area contributed by atoms with Gasteiger partial charge in [-0.15, -0.1) is 0 Å². The van der Waals surface area contributed by atoms with Crippen LogP contribution in [0, 0.1) is 5.92 Å². The van der Waals surface area contributed by atoms with Gasteiger partial charge in [0.15, 0.2) is 0 Å². The minimum absolute atomic E-state index is 0.144. The van der Waals surface area contributed by atoms with Crippen molar-refractivity contribution in [1.29, 1.82) is 0 Å². The van der Waals surface area contributed by atoms with Gasteiger partial charge in [-0.25, -0.2) is 0 Å². The molecule has 2 aliphatic rings. The maximum absolute atomic E-state index is 12.4. The summed E-state index contributed by atoms with van der Waals surface area (Å²) < 4.78 is 5.69. The SMILES string of the molecule is CN(CCN1CCCC1)C(=O)C1CCOC(C)(C)C1. The Morgan fingerprint density at radius 3 is 2.68 bits per heavy atom. The van der Waals surface area contributed by atoms with Crippen molar-refractivity contribution in [1.82, 2.24) is 9.80 Å². The molecule has 0 radical (unpaired) electrons. The topological polar surface area (TPSA) is 32.8 Å². The number of hydrogen-bond acceptors (Lipinski definition) is 3. The molecular formula is C15H28N2O2. The summed E-state index contributed by atoms with van der Waals surface area (Å²) in [6.45, 7) is 9.15. The van der Waals surface area contributed by atoms with E-state index in [1.807, 2.05) is 11.9 Å². The molecular weight excluding hydrogens is 240 g/mol. The third-order valence-corrected chi connectivity index (χ3v) is 4.37. The molecule has 110 valence electrons. The Bertz CT molecular complexity index is 311. The van der Waals surface area contributed by atoms with E-state index in [0.29, 0.717) is 12.5 Å².